The molecule has 0 aliphatic carbocycles. The molecule has 2 aliphatic heterocycles. The first-order valence-electron chi connectivity index (χ1n) is 10.9. The molecule has 6 rings (SSSR count). The number of anilines is 1. The predicted octanol–water partition coefficient (Wildman–Crippen LogP) is 2.58. The van der Waals surface area contributed by atoms with Crippen LogP contribution in [0.3, 0.4) is 0 Å². The van der Waals surface area contributed by atoms with E-state index in [1.165, 1.54) is 6.33 Å². The summed E-state index contributed by atoms with van der Waals surface area (Å²) in [7, 11) is -3.29. The van der Waals surface area contributed by atoms with Crippen molar-refractivity contribution < 1.29 is 12.8 Å². The topological polar surface area (TPSA) is 110 Å². The number of sulfone groups is 1. The van der Waals surface area contributed by atoms with Gasteiger partial charge in [0.15, 0.2) is 14.9 Å². The number of nitrogens with zero attached hydrogens (tertiary/aromatic N) is 6. The van der Waals surface area contributed by atoms with Crippen LogP contribution in [0.25, 0.3) is 22.3 Å². The number of fused-ring (bicyclic) bond motifs is 2. The first-order chi connectivity index (χ1) is 16.0. The van der Waals surface area contributed by atoms with Crippen LogP contribution >= 0.6 is 0 Å². The van der Waals surface area contributed by atoms with Gasteiger partial charge in [-0.1, -0.05) is 6.07 Å². The molecule has 1 saturated heterocycles. The molecule has 1 fully saturated rings. The fourth-order valence-corrected chi connectivity index (χ4v) is 6.39. The molecule has 9 nitrogen and oxygen atoms in total. The van der Waals surface area contributed by atoms with Crippen molar-refractivity contribution in [3.63, 3.8) is 0 Å². The van der Waals surface area contributed by atoms with Crippen molar-refractivity contribution in [1.82, 2.24) is 29.7 Å². The minimum atomic E-state index is -3.29. The fraction of sp³-hybridized carbons (Fsp3) is 0.364. The van der Waals surface area contributed by atoms with Gasteiger partial charge >= 0.3 is 0 Å². The van der Waals surface area contributed by atoms with Crippen molar-refractivity contribution in [2.75, 3.05) is 30.4 Å². The lowest BCUT2D eigenvalue weighted by Gasteiger charge is -2.22. The van der Waals surface area contributed by atoms with Gasteiger partial charge in [-0.25, -0.2) is 27.8 Å². The Morgan fingerprint density at radius 3 is 3.03 bits per heavy atom. The van der Waals surface area contributed by atoms with E-state index in [-0.39, 0.29) is 16.7 Å². The van der Waals surface area contributed by atoms with Crippen molar-refractivity contribution in [2.45, 2.75) is 23.9 Å². The van der Waals surface area contributed by atoms with Gasteiger partial charge in [0.25, 0.3) is 0 Å². The maximum atomic E-state index is 14.2. The van der Waals surface area contributed by atoms with Crippen LogP contribution < -0.4 is 4.90 Å². The maximum absolute atomic E-state index is 14.2. The molecule has 1 unspecified atom stereocenters. The third kappa shape index (κ3) is 3.38. The number of H-pyrrole nitrogens is 1. The van der Waals surface area contributed by atoms with E-state index in [1.807, 2.05) is 35.5 Å². The summed E-state index contributed by atoms with van der Waals surface area (Å²) in [6.45, 7) is 0.733. The van der Waals surface area contributed by atoms with Gasteiger partial charge < -0.3 is 9.88 Å². The molecule has 0 aromatic carbocycles. The molecule has 0 amide bonds. The zero-order valence-corrected chi connectivity index (χ0v) is 18.5. The lowest BCUT2D eigenvalue weighted by molar-refractivity contribution is 0.257. The maximum Gasteiger partial charge on any atom is 0.196 e. The molecule has 33 heavy (non-hydrogen) atoms. The average Bonchev–Trinajstić information content (AvgIpc) is 3.61. The number of pyridine rings is 1. The summed E-state index contributed by atoms with van der Waals surface area (Å²) >= 11 is 0. The van der Waals surface area contributed by atoms with E-state index >= 15 is 0 Å². The number of aryl methyl sites for hydroxylation is 1. The monoisotopic (exact) mass is 467 g/mol. The van der Waals surface area contributed by atoms with Crippen molar-refractivity contribution >= 4 is 26.7 Å². The molecule has 11 heteroatoms. The Morgan fingerprint density at radius 1 is 1.24 bits per heavy atom. The third-order valence-corrected chi connectivity index (χ3v) is 8.36. The highest BCUT2D eigenvalue weighted by atomic mass is 32.2. The van der Waals surface area contributed by atoms with E-state index in [4.69, 9.17) is 0 Å². The van der Waals surface area contributed by atoms with Crippen LogP contribution in [0.2, 0.25) is 0 Å². The summed E-state index contributed by atoms with van der Waals surface area (Å²) in [6.07, 6.45) is 8.13. The Balaban J connectivity index is 1.24. The SMILES string of the molecule is O=S1(=O)CCc2ccc(N3CC[C@H](C(CF)n4cc(-c5ncnc6[nH]ccc56)cn4)C3)nc21. The molecular formula is C22H22FN7O2S. The molecular weight excluding hydrogens is 445 g/mol. The van der Waals surface area contributed by atoms with E-state index in [0.717, 1.165) is 34.3 Å². The van der Waals surface area contributed by atoms with Gasteiger partial charge in [-0.05, 0) is 30.5 Å². The summed E-state index contributed by atoms with van der Waals surface area (Å²) in [5, 5.41) is 5.54. The van der Waals surface area contributed by atoms with Crippen LogP contribution in [0.5, 0.6) is 0 Å². The standard InChI is InChI=1S/C22H22FN7O2S/c23-9-18(30-12-16(10-27-30)20-17-3-6-24-21(17)26-13-25-20)15-4-7-29(11-15)19-2-1-14-5-8-33(31,32)22(14)28-19/h1-3,6,10,12-13,15,18H,4-5,7-9,11H2,(H,24,25,26)/t15-,18?/m0/s1. The van der Waals surface area contributed by atoms with Gasteiger partial charge in [0, 0.05) is 42.4 Å². The minimum absolute atomic E-state index is 0.0205. The van der Waals surface area contributed by atoms with Crippen molar-refractivity contribution in [3.8, 4) is 11.3 Å². The third-order valence-electron chi connectivity index (χ3n) is 6.68. The molecule has 0 saturated carbocycles. The first-order valence-corrected chi connectivity index (χ1v) is 12.5. The highest BCUT2D eigenvalue weighted by molar-refractivity contribution is 7.91. The smallest absolute Gasteiger partial charge is 0.196 e. The Hall–Kier alpha value is -3.34. The van der Waals surface area contributed by atoms with Crippen LogP contribution in [-0.2, 0) is 16.3 Å². The van der Waals surface area contributed by atoms with Gasteiger partial charge in [-0.3, -0.25) is 4.68 Å². The number of alkyl halides is 1. The van der Waals surface area contributed by atoms with Gasteiger partial charge in [0.1, 0.15) is 24.5 Å². The summed E-state index contributed by atoms with van der Waals surface area (Å²) in [4.78, 5) is 18.2. The van der Waals surface area contributed by atoms with E-state index in [2.05, 4.69) is 25.0 Å². The van der Waals surface area contributed by atoms with Crippen molar-refractivity contribution in [1.29, 1.82) is 0 Å². The largest absolute Gasteiger partial charge is 0.356 e. The normalized spacial score (nSPS) is 20.4. The quantitative estimate of drug-likeness (QED) is 0.480. The lowest BCUT2D eigenvalue weighted by atomic mass is 10.0. The number of hydrogen-bond donors (Lipinski definition) is 1. The summed E-state index contributed by atoms with van der Waals surface area (Å²) in [5.41, 5.74) is 3.08. The van der Waals surface area contributed by atoms with E-state index < -0.39 is 22.6 Å². The van der Waals surface area contributed by atoms with E-state index in [0.29, 0.717) is 25.3 Å². The molecule has 4 aromatic heterocycles. The second-order valence-corrected chi connectivity index (χ2v) is 10.6. The summed E-state index contributed by atoms with van der Waals surface area (Å²) in [6, 6.07) is 5.21. The van der Waals surface area contributed by atoms with Crippen LogP contribution in [-0.4, -0.2) is 63.7 Å². The van der Waals surface area contributed by atoms with Gasteiger partial charge in [-0.2, -0.15) is 5.10 Å². The second-order valence-electron chi connectivity index (χ2n) is 8.59. The zero-order chi connectivity index (χ0) is 22.6. The average molecular weight is 468 g/mol. The molecule has 0 spiro atoms. The summed E-state index contributed by atoms with van der Waals surface area (Å²) < 4.78 is 40.4. The number of aromatic nitrogens is 6. The minimum Gasteiger partial charge on any atom is -0.356 e. The summed E-state index contributed by atoms with van der Waals surface area (Å²) in [5.74, 6) is 0.775. The number of rotatable bonds is 5. The number of hydrogen-bond acceptors (Lipinski definition) is 7. The molecule has 0 bridgehead atoms. The fourth-order valence-electron chi connectivity index (χ4n) is 4.90. The van der Waals surface area contributed by atoms with Gasteiger partial charge in [-0.15, -0.1) is 0 Å². The Bertz CT molecular complexity index is 1450. The Morgan fingerprint density at radius 2 is 2.15 bits per heavy atom. The molecule has 0 radical (unpaired) electrons. The highest BCUT2D eigenvalue weighted by Crippen LogP contribution is 2.34. The molecule has 6 heterocycles. The van der Waals surface area contributed by atoms with Crippen molar-refractivity contribution in [2.24, 2.45) is 5.92 Å². The number of nitrogens with one attached hydrogen (secondary N) is 1. The van der Waals surface area contributed by atoms with Crippen LogP contribution in [0.15, 0.2) is 48.1 Å². The second kappa shape index (κ2) is 7.62. The van der Waals surface area contributed by atoms with Crippen LogP contribution in [0, 0.1) is 5.92 Å². The predicted molar refractivity (Wildman–Crippen MR) is 120 cm³/mol. The molecule has 2 aliphatic rings. The molecule has 2 atom stereocenters. The van der Waals surface area contributed by atoms with Gasteiger partial charge in [0.05, 0.1) is 23.7 Å². The zero-order valence-electron chi connectivity index (χ0n) is 17.7. The lowest BCUT2D eigenvalue weighted by Crippen LogP contribution is -2.27. The number of halogens is 1. The number of aromatic amines is 1. The molecule has 4 aromatic rings. The molecule has 170 valence electrons. The highest BCUT2D eigenvalue weighted by Gasteiger charge is 2.34. The Labute approximate surface area is 189 Å². The van der Waals surface area contributed by atoms with Crippen molar-refractivity contribution in [3.05, 3.63) is 48.7 Å². The van der Waals surface area contributed by atoms with E-state index in [1.54, 1.807) is 10.9 Å². The van der Waals surface area contributed by atoms with Gasteiger partial charge in [0.2, 0.25) is 0 Å². The van der Waals surface area contributed by atoms with Crippen LogP contribution in [0.1, 0.15) is 18.0 Å². The Kier molecular flexibility index (Phi) is 4.68. The first kappa shape index (κ1) is 20.3. The van der Waals surface area contributed by atoms with E-state index in [9.17, 15) is 12.8 Å². The van der Waals surface area contributed by atoms with Crippen LogP contribution in [0.4, 0.5) is 10.2 Å². The molecule has 1 N–H and O–H groups in total.